The second-order valence-corrected chi connectivity index (χ2v) is 6.88. The molecule has 0 bridgehead atoms. The number of phenolic OH excluding ortho intramolecular Hbond substituents is 1. The molecule has 0 aliphatic carbocycles. The Hall–Kier alpha value is -4.13. The SMILES string of the molecule is COC=C(C(=O)OC)c1ccccc1COc1cc(O)cc(OCCOc2ccccc2)c1. The molecule has 3 rings (SSSR count). The molecule has 3 aromatic rings. The highest BCUT2D eigenvalue weighted by Gasteiger charge is 2.17. The van der Waals surface area contributed by atoms with E-state index < -0.39 is 5.97 Å². The molecule has 33 heavy (non-hydrogen) atoms. The van der Waals surface area contributed by atoms with E-state index in [1.165, 1.54) is 32.6 Å². The number of carbonyl (C=O) groups is 1. The van der Waals surface area contributed by atoms with Crippen LogP contribution in [0.1, 0.15) is 11.1 Å². The monoisotopic (exact) mass is 450 g/mol. The van der Waals surface area contributed by atoms with Gasteiger partial charge in [-0.2, -0.15) is 0 Å². The lowest BCUT2D eigenvalue weighted by atomic mass is 10.0. The third-order valence-electron chi connectivity index (χ3n) is 4.57. The summed E-state index contributed by atoms with van der Waals surface area (Å²) in [4.78, 5) is 12.2. The number of phenols is 1. The number of ether oxygens (including phenoxy) is 5. The zero-order valence-electron chi connectivity index (χ0n) is 18.5. The molecule has 0 aliphatic heterocycles. The van der Waals surface area contributed by atoms with E-state index >= 15 is 0 Å². The van der Waals surface area contributed by atoms with Crippen LogP contribution in [-0.2, 0) is 20.9 Å². The second-order valence-electron chi connectivity index (χ2n) is 6.88. The molecule has 0 aliphatic rings. The van der Waals surface area contributed by atoms with Gasteiger partial charge in [-0.15, -0.1) is 0 Å². The summed E-state index contributed by atoms with van der Waals surface area (Å²) < 4.78 is 27.1. The maximum Gasteiger partial charge on any atom is 0.341 e. The average Bonchev–Trinajstić information content (AvgIpc) is 2.84. The number of rotatable bonds is 11. The molecule has 7 heteroatoms. The molecular formula is C26H26O7. The summed E-state index contributed by atoms with van der Waals surface area (Å²) in [7, 11) is 2.77. The first-order valence-corrected chi connectivity index (χ1v) is 10.3. The van der Waals surface area contributed by atoms with E-state index in [4.69, 9.17) is 23.7 Å². The van der Waals surface area contributed by atoms with Gasteiger partial charge < -0.3 is 28.8 Å². The van der Waals surface area contributed by atoms with Gasteiger partial charge in [0.25, 0.3) is 0 Å². The molecule has 7 nitrogen and oxygen atoms in total. The molecule has 172 valence electrons. The van der Waals surface area contributed by atoms with Gasteiger partial charge in [0.2, 0.25) is 0 Å². The Labute approximate surface area is 192 Å². The number of methoxy groups -OCH3 is 2. The highest BCUT2D eigenvalue weighted by Crippen LogP contribution is 2.29. The van der Waals surface area contributed by atoms with Gasteiger partial charge >= 0.3 is 5.97 Å². The Morgan fingerprint density at radius 3 is 2.15 bits per heavy atom. The molecule has 0 unspecified atom stereocenters. The summed E-state index contributed by atoms with van der Waals surface area (Å²) in [6.45, 7) is 0.796. The molecule has 0 radical (unpaired) electrons. The van der Waals surface area contributed by atoms with Gasteiger partial charge in [-0.05, 0) is 23.3 Å². The Bertz CT molecular complexity index is 1080. The largest absolute Gasteiger partial charge is 0.508 e. The molecule has 0 heterocycles. The van der Waals surface area contributed by atoms with E-state index in [0.717, 1.165) is 11.3 Å². The minimum absolute atomic E-state index is 0.00860. The lowest BCUT2D eigenvalue weighted by Gasteiger charge is -2.14. The molecule has 0 saturated carbocycles. The number of benzene rings is 3. The van der Waals surface area contributed by atoms with Crippen LogP contribution >= 0.6 is 0 Å². The lowest BCUT2D eigenvalue weighted by molar-refractivity contribution is -0.133. The van der Waals surface area contributed by atoms with Gasteiger partial charge in [0.15, 0.2) is 0 Å². The Morgan fingerprint density at radius 1 is 0.818 bits per heavy atom. The maximum atomic E-state index is 12.2. The molecule has 0 aromatic heterocycles. The fourth-order valence-electron chi connectivity index (χ4n) is 3.08. The lowest BCUT2D eigenvalue weighted by Crippen LogP contribution is -2.09. The van der Waals surface area contributed by atoms with E-state index in [-0.39, 0.29) is 17.9 Å². The van der Waals surface area contributed by atoms with E-state index in [2.05, 4.69) is 0 Å². The van der Waals surface area contributed by atoms with Crippen LogP contribution in [0.2, 0.25) is 0 Å². The highest BCUT2D eigenvalue weighted by atomic mass is 16.5. The number of hydrogen-bond donors (Lipinski definition) is 1. The molecule has 1 N–H and O–H groups in total. The first kappa shape index (κ1) is 23.5. The van der Waals surface area contributed by atoms with Crippen LogP contribution < -0.4 is 14.2 Å². The van der Waals surface area contributed by atoms with Crippen molar-refractivity contribution in [2.24, 2.45) is 0 Å². The smallest absolute Gasteiger partial charge is 0.341 e. The number of hydrogen-bond acceptors (Lipinski definition) is 7. The quantitative estimate of drug-likeness (QED) is 0.198. The van der Waals surface area contributed by atoms with E-state index in [1.807, 2.05) is 48.5 Å². The summed E-state index contributed by atoms with van der Waals surface area (Å²) in [6, 6.07) is 21.4. The number of carbonyl (C=O) groups excluding carboxylic acids is 1. The third-order valence-corrected chi connectivity index (χ3v) is 4.57. The number of aromatic hydroxyl groups is 1. The molecule has 3 aromatic carbocycles. The predicted octanol–water partition coefficient (Wildman–Crippen LogP) is 4.59. The minimum atomic E-state index is -0.518. The van der Waals surface area contributed by atoms with Crippen molar-refractivity contribution in [1.29, 1.82) is 0 Å². The fourth-order valence-corrected chi connectivity index (χ4v) is 3.08. The third kappa shape index (κ3) is 6.93. The summed E-state index contributed by atoms with van der Waals surface area (Å²) in [5.41, 5.74) is 1.65. The van der Waals surface area contributed by atoms with Crippen molar-refractivity contribution >= 4 is 11.5 Å². The first-order valence-electron chi connectivity index (χ1n) is 10.3. The van der Waals surface area contributed by atoms with Crippen molar-refractivity contribution in [2.75, 3.05) is 27.4 Å². The van der Waals surface area contributed by atoms with Crippen molar-refractivity contribution in [3.8, 4) is 23.0 Å². The molecule has 0 atom stereocenters. The van der Waals surface area contributed by atoms with Crippen molar-refractivity contribution < 1.29 is 33.6 Å². The normalized spacial score (nSPS) is 10.9. The second kappa shape index (κ2) is 12.0. The van der Waals surface area contributed by atoms with Gasteiger partial charge in [0, 0.05) is 18.2 Å². The van der Waals surface area contributed by atoms with Crippen LogP contribution in [0.4, 0.5) is 0 Å². The number of para-hydroxylation sites is 1. The topological polar surface area (TPSA) is 83.5 Å². The van der Waals surface area contributed by atoms with Crippen molar-refractivity contribution in [1.82, 2.24) is 0 Å². The molecular weight excluding hydrogens is 424 g/mol. The van der Waals surface area contributed by atoms with Crippen LogP contribution in [0, 0.1) is 0 Å². The van der Waals surface area contributed by atoms with Crippen LogP contribution in [-0.4, -0.2) is 38.5 Å². The molecule has 0 fully saturated rings. The van der Waals surface area contributed by atoms with Crippen LogP contribution in [0.5, 0.6) is 23.0 Å². The summed E-state index contributed by atoms with van der Waals surface area (Å²) in [6.07, 6.45) is 1.34. The first-order chi connectivity index (χ1) is 16.1. The van der Waals surface area contributed by atoms with E-state index in [0.29, 0.717) is 30.3 Å². The molecule has 0 spiro atoms. The van der Waals surface area contributed by atoms with Gasteiger partial charge in [0.1, 0.15) is 48.4 Å². The summed E-state index contributed by atoms with van der Waals surface area (Å²) in [5, 5.41) is 10.1. The predicted molar refractivity (Wildman–Crippen MR) is 123 cm³/mol. The highest BCUT2D eigenvalue weighted by molar-refractivity contribution is 6.16. The van der Waals surface area contributed by atoms with Gasteiger partial charge in [-0.3, -0.25) is 0 Å². The zero-order chi connectivity index (χ0) is 23.5. The van der Waals surface area contributed by atoms with Crippen molar-refractivity contribution in [3.63, 3.8) is 0 Å². The Balaban J connectivity index is 1.64. The zero-order valence-corrected chi connectivity index (χ0v) is 18.5. The van der Waals surface area contributed by atoms with Crippen LogP contribution in [0.15, 0.2) is 79.1 Å². The van der Waals surface area contributed by atoms with Gasteiger partial charge in [0.05, 0.1) is 20.5 Å². The Kier molecular flexibility index (Phi) is 8.59. The standard InChI is InChI=1S/C26H26O7/c1-29-18-25(26(28)30-2)24-11-7-6-8-19(24)17-33-23-15-20(27)14-22(16-23)32-13-12-31-21-9-4-3-5-10-21/h3-11,14-16,18,27H,12-13,17H2,1-2H3. The van der Waals surface area contributed by atoms with Crippen molar-refractivity contribution in [2.45, 2.75) is 6.61 Å². The summed E-state index contributed by atoms with van der Waals surface area (Å²) in [5.74, 6) is 1.11. The fraction of sp³-hybridized carbons (Fsp3) is 0.192. The van der Waals surface area contributed by atoms with Crippen molar-refractivity contribution in [3.05, 3.63) is 90.2 Å². The van der Waals surface area contributed by atoms with E-state index in [1.54, 1.807) is 12.1 Å². The number of esters is 1. The van der Waals surface area contributed by atoms with E-state index in [9.17, 15) is 9.90 Å². The minimum Gasteiger partial charge on any atom is -0.508 e. The van der Waals surface area contributed by atoms with Crippen LogP contribution in [0.3, 0.4) is 0 Å². The van der Waals surface area contributed by atoms with Gasteiger partial charge in [-0.25, -0.2) is 4.79 Å². The van der Waals surface area contributed by atoms with Crippen LogP contribution in [0.25, 0.3) is 5.57 Å². The maximum absolute atomic E-state index is 12.2. The van der Waals surface area contributed by atoms with Gasteiger partial charge in [-0.1, -0.05) is 42.5 Å². The Morgan fingerprint density at radius 2 is 1.45 bits per heavy atom. The summed E-state index contributed by atoms with van der Waals surface area (Å²) >= 11 is 0. The average molecular weight is 450 g/mol. The molecule has 0 saturated heterocycles. The molecule has 0 amide bonds.